The Morgan fingerprint density at radius 2 is 2.21 bits per heavy atom. The summed E-state index contributed by atoms with van der Waals surface area (Å²) in [6.07, 6.45) is 0.187. The van der Waals surface area contributed by atoms with Crippen LogP contribution in [0.15, 0.2) is 16.6 Å². The molecule has 1 aliphatic rings. The van der Waals surface area contributed by atoms with E-state index >= 15 is 0 Å². The molecule has 1 N–H and O–H groups in total. The van der Waals surface area contributed by atoms with Crippen LogP contribution in [-0.4, -0.2) is 22.1 Å². The smallest absolute Gasteiger partial charge is 0.345 e. The third-order valence-electron chi connectivity index (χ3n) is 2.75. The first-order valence-corrected chi connectivity index (χ1v) is 6.22. The fourth-order valence-corrected chi connectivity index (χ4v) is 1.97. The van der Waals surface area contributed by atoms with Crippen molar-refractivity contribution in [3.63, 3.8) is 0 Å². The van der Waals surface area contributed by atoms with Crippen LogP contribution in [0, 0.1) is 21.8 Å². The number of nitro benzene ring substituents is 1. The lowest BCUT2D eigenvalue weighted by Gasteiger charge is -2.14. The summed E-state index contributed by atoms with van der Waals surface area (Å²) in [6, 6.07) is 1.77. The summed E-state index contributed by atoms with van der Waals surface area (Å²) in [6.45, 7) is 0. The predicted octanol–water partition coefficient (Wildman–Crippen LogP) is 2.74. The average Bonchev–Trinajstić information content (AvgIpc) is 3.13. The molecule has 0 amide bonds. The van der Waals surface area contributed by atoms with Crippen molar-refractivity contribution < 1.29 is 24.0 Å². The van der Waals surface area contributed by atoms with Crippen molar-refractivity contribution in [2.45, 2.75) is 18.9 Å². The number of hydrogen-bond donors (Lipinski definition) is 1. The molecule has 2 rings (SSSR count). The van der Waals surface area contributed by atoms with Crippen LogP contribution >= 0.6 is 15.9 Å². The highest BCUT2D eigenvalue weighted by Gasteiger charge is 2.39. The SMILES string of the molecule is O=C(O)C(Oc1cc(F)c(Br)cc1[N+](=O)[O-])C1CC1. The first-order chi connectivity index (χ1) is 8.90. The summed E-state index contributed by atoms with van der Waals surface area (Å²) in [5.41, 5.74) is -0.472. The summed E-state index contributed by atoms with van der Waals surface area (Å²) < 4.78 is 18.4. The number of rotatable bonds is 5. The molecule has 8 heteroatoms. The number of hydrogen-bond acceptors (Lipinski definition) is 4. The van der Waals surface area contributed by atoms with Crippen LogP contribution in [0.25, 0.3) is 0 Å². The van der Waals surface area contributed by atoms with Gasteiger partial charge in [0.2, 0.25) is 5.75 Å². The Morgan fingerprint density at radius 1 is 1.58 bits per heavy atom. The van der Waals surface area contributed by atoms with E-state index in [-0.39, 0.29) is 16.1 Å². The second-order valence-corrected chi connectivity index (χ2v) is 5.06. The highest BCUT2D eigenvalue weighted by atomic mass is 79.9. The Kier molecular flexibility index (Phi) is 3.70. The third kappa shape index (κ3) is 3.01. The number of ether oxygens (including phenoxy) is 1. The van der Waals surface area contributed by atoms with Crippen LogP contribution in [0.5, 0.6) is 5.75 Å². The lowest BCUT2D eigenvalue weighted by Crippen LogP contribution is -2.29. The van der Waals surface area contributed by atoms with Crippen molar-refractivity contribution in [3.8, 4) is 5.75 Å². The van der Waals surface area contributed by atoms with Crippen molar-refractivity contribution in [3.05, 3.63) is 32.5 Å². The van der Waals surface area contributed by atoms with E-state index in [2.05, 4.69) is 15.9 Å². The number of nitrogens with zero attached hydrogens (tertiary/aromatic N) is 1. The largest absolute Gasteiger partial charge is 0.478 e. The van der Waals surface area contributed by atoms with E-state index < -0.39 is 28.5 Å². The van der Waals surface area contributed by atoms with Gasteiger partial charge in [-0.15, -0.1) is 0 Å². The van der Waals surface area contributed by atoms with Gasteiger partial charge < -0.3 is 9.84 Å². The molecule has 6 nitrogen and oxygen atoms in total. The summed E-state index contributed by atoms with van der Waals surface area (Å²) in [5, 5.41) is 19.9. The maximum atomic E-state index is 13.4. The molecular formula is C11H9BrFNO5. The van der Waals surface area contributed by atoms with Crippen LogP contribution in [0.1, 0.15) is 12.8 Å². The maximum Gasteiger partial charge on any atom is 0.345 e. The number of carboxylic acid groups (broad SMARTS) is 1. The standard InChI is InChI=1S/C11H9BrFNO5/c12-6-3-8(14(17)18)9(4-7(6)13)19-10(11(15)16)5-1-2-5/h3-5,10H,1-2H2,(H,15,16). The number of aliphatic carboxylic acids is 1. The predicted molar refractivity (Wildman–Crippen MR) is 65.5 cm³/mol. The molecular weight excluding hydrogens is 325 g/mol. The van der Waals surface area contributed by atoms with E-state index in [1.54, 1.807) is 0 Å². The fourth-order valence-electron chi connectivity index (χ4n) is 1.64. The van der Waals surface area contributed by atoms with Crippen LogP contribution in [0.3, 0.4) is 0 Å². The van der Waals surface area contributed by atoms with Gasteiger partial charge in [0, 0.05) is 18.1 Å². The number of halogens is 2. The summed E-state index contributed by atoms with van der Waals surface area (Å²) in [5.74, 6) is -2.51. The normalized spacial score (nSPS) is 15.9. The molecule has 0 saturated heterocycles. The van der Waals surface area contributed by atoms with Crippen molar-refractivity contribution in [2.24, 2.45) is 5.92 Å². The fraction of sp³-hybridized carbons (Fsp3) is 0.364. The van der Waals surface area contributed by atoms with Gasteiger partial charge in [0.1, 0.15) is 5.82 Å². The number of carboxylic acids is 1. The maximum absolute atomic E-state index is 13.4. The number of benzene rings is 1. The molecule has 0 aromatic heterocycles. The van der Waals surface area contributed by atoms with Gasteiger partial charge in [-0.25, -0.2) is 9.18 Å². The average molecular weight is 334 g/mol. The molecule has 1 aliphatic carbocycles. The lowest BCUT2D eigenvalue weighted by molar-refractivity contribution is -0.386. The Hall–Kier alpha value is -1.70. The second-order valence-electron chi connectivity index (χ2n) is 4.21. The number of carbonyl (C=O) groups is 1. The molecule has 1 saturated carbocycles. The Balaban J connectivity index is 2.34. The Morgan fingerprint density at radius 3 is 2.68 bits per heavy atom. The third-order valence-corrected chi connectivity index (χ3v) is 3.35. The van der Waals surface area contributed by atoms with Gasteiger partial charge in [-0.1, -0.05) is 0 Å². The zero-order valence-electron chi connectivity index (χ0n) is 9.51. The van der Waals surface area contributed by atoms with Crippen LogP contribution in [0.2, 0.25) is 0 Å². The van der Waals surface area contributed by atoms with E-state index in [9.17, 15) is 19.3 Å². The molecule has 1 aromatic rings. The lowest BCUT2D eigenvalue weighted by atomic mass is 10.2. The molecule has 1 atom stereocenters. The summed E-state index contributed by atoms with van der Waals surface area (Å²) in [7, 11) is 0. The molecule has 1 fully saturated rings. The minimum atomic E-state index is -1.21. The van der Waals surface area contributed by atoms with Gasteiger partial charge in [0.15, 0.2) is 6.10 Å². The Labute approximate surface area is 115 Å². The minimum absolute atomic E-state index is 0.0788. The van der Waals surface area contributed by atoms with Gasteiger partial charge in [-0.3, -0.25) is 10.1 Å². The van der Waals surface area contributed by atoms with Crippen LogP contribution in [-0.2, 0) is 4.79 Å². The van der Waals surface area contributed by atoms with Gasteiger partial charge in [0.05, 0.1) is 9.40 Å². The molecule has 0 spiro atoms. The molecule has 0 radical (unpaired) electrons. The topological polar surface area (TPSA) is 89.7 Å². The van der Waals surface area contributed by atoms with Crippen molar-refractivity contribution in [1.29, 1.82) is 0 Å². The van der Waals surface area contributed by atoms with Crippen molar-refractivity contribution in [2.75, 3.05) is 0 Å². The molecule has 1 unspecified atom stereocenters. The zero-order chi connectivity index (χ0) is 14.2. The quantitative estimate of drug-likeness (QED) is 0.661. The van der Waals surface area contributed by atoms with Gasteiger partial charge in [0.25, 0.3) is 0 Å². The highest BCUT2D eigenvalue weighted by molar-refractivity contribution is 9.10. The number of nitro groups is 1. The Bertz CT molecular complexity index is 546. The van der Waals surface area contributed by atoms with E-state index in [1.165, 1.54) is 0 Å². The molecule has 0 heterocycles. The summed E-state index contributed by atoms with van der Waals surface area (Å²) in [4.78, 5) is 21.1. The molecule has 0 bridgehead atoms. The van der Waals surface area contributed by atoms with Gasteiger partial charge >= 0.3 is 11.7 Å². The molecule has 0 aliphatic heterocycles. The summed E-state index contributed by atoms with van der Waals surface area (Å²) >= 11 is 2.83. The first kappa shape index (κ1) is 13.7. The van der Waals surface area contributed by atoms with E-state index in [0.29, 0.717) is 12.8 Å². The zero-order valence-corrected chi connectivity index (χ0v) is 11.1. The van der Waals surface area contributed by atoms with Gasteiger partial charge in [-0.05, 0) is 28.8 Å². The molecule has 102 valence electrons. The van der Waals surface area contributed by atoms with E-state index in [4.69, 9.17) is 9.84 Å². The van der Waals surface area contributed by atoms with Crippen molar-refractivity contribution >= 4 is 27.6 Å². The molecule has 19 heavy (non-hydrogen) atoms. The van der Waals surface area contributed by atoms with Crippen LogP contribution < -0.4 is 4.74 Å². The van der Waals surface area contributed by atoms with E-state index in [0.717, 1.165) is 12.1 Å². The minimum Gasteiger partial charge on any atom is -0.478 e. The van der Waals surface area contributed by atoms with Gasteiger partial charge in [-0.2, -0.15) is 0 Å². The van der Waals surface area contributed by atoms with Crippen molar-refractivity contribution in [1.82, 2.24) is 0 Å². The van der Waals surface area contributed by atoms with Crippen LogP contribution in [0.4, 0.5) is 10.1 Å². The first-order valence-electron chi connectivity index (χ1n) is 5.43. The second kappa shape index (κ2) is 5.12. The highest BCUT2D eigenvalue weighted by Crippen LogP contribution is 2.38. The molecule has 1 aromatic carbocycles. The monoisotopic (exact) mass is 333 g/mol. The van der Waals surface area contributed by atoms with E-state index in [1.807, 2.05) is 0 Å².